The van der Waals surface area contributed by atoms with Crippen LogP contribution in [0.25, 0.3) is 0 Å². The van der Waals surface area contributed by atoms with Crippen LogP contribution < -0.4 is 10.1 Å². The van der Waals surface area contributed by atoms with Gasteiger partial charge >= 0.3 is 6.09 Å². The van der Waals surface area contributed by atoms with Gasteiger partial charge in [0, 0.05) is 6.04 Å². The van der Waals surface area contributed by atoms with Gasteiger partial charge in [0.1, 0.15) is 5.75 Å². The Morgan fingerprint density at radius 3 is 2.58 bits per heavy atom. The molecule has 1 fully saturated rings. The van der Waals surface area contributed by atoms with Crippen LogP contribution in [-0.4, -0.2) is 12.1 Å². The molecule has 1 N–H and O–H groups in total. The topological polar surface area (TPSA) is 38.3 Å². The monoisotopic (exact) mass is 261 g/mol. The summed E-state index contributed by atoms with van der Waals surface area (Å²) >= 11 is 0. The van der Waals surface area contributed by atoms with E-state index in [0.29, 0.717) is 17.1 Å². The number of carbonyl (C=O) groups excluding carboxylic acids is 1. The first-order valence-corrected chi connectivity index (χ1v) is 6.98. The molecule has 2 rings (SSSR count). The van der Waals surface area contributed by atoms with Gasteiger partial charge in [0.2, 0.25) is 0 Å². The summed E-state index contributed by atoms with van der Waals surface area (Å²) in [6.45, 7) is 6.78. The van der Waals surface area contributed by atoms with Gasteiger partial charge < -0.3 is 10.1 Å². The Hall–Kier alpha value is -1.51. The van der Waals surface area contributed by atoms with Crippen LogP contribution in [0.15, 0.2) is 30.3 Å². The largest absolute Gasteiger partial charge is 0.412 e. The van der Waals surface area contributed by atoms with Crippen molar-refractivity contribution >= 4 is 6.09 Å². The molecule has 104 valence electrons. The molecule has 3 heteroatoms. The molecule has 1 aliphatic rings. The summed E-state index contributed by atoms with van der Waals surface area (Å²) in [5, 5.41) is 2.99. The second-order valence-electron chi connectivity index (χ2n) is 6.46. The zero-order valence-electron chi connectivity index (χ0n) is 12.0. The van der Waals surface area contributed by atoms with Crippen LogP contribution >= 0.6 is 0 Å². The lowest BCUT2D eigenvalue weighted by Crippen LogP contribution is -2.44. The van der Waals surface area contributed by atoms with Gasteiger partial charge in [0.25, 0.3) is 0 Å². The number of hydrogen-bond acceptors (Lipinski definition) is 2. The van der Waals surface area contributed by atoms with Gasteiger partial charge in [-0.2, -0.15) is 0 Å². The van der Waals surface area contributed by atoms with E-state index in [1.807, 2.05) is 18.2 Å². The number of para-hydroxylation sites is 1. The van der Waals surface area contributed by atoms with Gasteiger partial charge in [-0.3, -0.25) is 0 Å². The highest BCUT2D eigenvalue weighted by Gasteiger charge is 2.32. The van der Waals surface area contributed by atoms with Gasteiger partial charge in [0.15, 0.2) is 0 Å². The minimum absolute atomic E-state index is 0.218. The van der Waals surface area contributed by atoms with Crippen molar-refractivity contribution in [3.8, 4) is 5.75 Å². The van der Waals surface area contributed by atoms with Crippen molar-refractivity contribution in [1.29, 1.82) is 0 Å². The number of rotatable bonds is 2. The van der Waals surface area contributed by atoms with Gasteiger partial charge in [-0.25, -0.2) is 4.79 Å². The molecular weight excluding hydrogens is 238 g/mol. The van der Waals surface area contributed by atoms with Crippen LogP contribution in [0.2, 0.25) is 0 Å². The van der Waals surface area contributed by atoms with Crippen LogP contribution in [-0.2, 0) is 0 Å². The first kappa shape index (κ1) is 13.9. The summed E-state index contributed by atoms with van der Waals surface area (Å²) in [4.78, 5) is 11.9. The molecule has 2 unspecified atom stereocenters. The van der Waals surface area contributed by atoms with E-state index in [-0.39, 0.29) is 12.1 Å². The van der Waals surface area contributed by atoms with E-state index in [2.05, 4.69) is 26.1 Å². The van der Waals surface area contributed by atoms with E-state index < -0.39 is 0 Å². The Bertz CT molecular complexity index is 428. The average molecular weight is 261 g/mol. The molecule has 19 heavy (non-hydrogen) atoms. The summed E-state index contributed by atoms with van der Waals surface area (Å²) in [6, 6.07) is 9.40. The number of benzene rings is 1. The Labute approximate surface area is 115 Å². The third-order valence-corrected chi connectivity index (χ3v) is 3.66. The summed E-state index contributed by atoms with van der Waals surface area (Å²) in [7, 11) is 0. The molecule has 2 atom stereocenters. The number of amides is 1. The van der Waals surface area contributed by atoms with Gasteiger partial charge in [-0.15, -0.1) is 0 Å². The molecule has 1 amide bonds. The maximum absolute atomic E-state index is 11.9. The number of nitrogens with one attached hydrogen (secondary N) is 1. The van der Waals surface area contributed by atoms with E-state index in [0.717, 1.165) is 12.8 Å². The summed E-state index contributed by atoms with van der Waals surface area (Å²) < 4.78 is 5.27. The van der Waals surface area contributed by atoms with Crippen LogP contribution in [0.3, 0.4) is 0 Å². The van der Waals surface area contributed by atoms with Crippen LogP contribution in [0.5, 0.6) is 5.75 Å². The molecule has 1 aromatic rings. The lowest BCUT2D eigenvalue weighted by atomic mass is 9.71. The average Bonchev–Trinajstić information content (AvgIpc) is 2.26. The van der Waals surface area contributed by atoms with Gasteiger partial charge in [0.05, 0.1) is 0 Å². The van der Waals surface area contributed by atoms with Crippen molar-refractivity contribution in [2.45, 2.75) is 46.1 Å². The first-order chi connectivity index (χ1) is 8.94. The minimum Gasteiger partial charge on any atom is -0.410 e. The first-order valence-electron chi connectivity index (χ1n) is 6.98. The summed E-state index contributed by atoms with van der Waals surface area (Å²) in [6.07, 6.45) is 2.93. The van der Waals surface area contributed by atoms with Crippen molar-refractivity contribution in [3.63, 3.8) is 0 Å². The number of ether oxygens (including phenoxy) is 1. The van der Waals surface area contributed by atoms with Gasteiger partial charge in [-0.05, 0) is 42.7 Å². The quantitative estimate of drug-likeness (QED) is 0.874. The number of hydrogen-bond donors (Lipinski definition) is 1. The predicted molar refractivity (Wildman–Crippen MR) is 76.2 cm³/mol. The van der Waals surface area contributed by atoms with Crippen LogP contribution in [0.1, 0.15) is 40.0 Å². The third kappa shape index (κ3) is 4.27. The Balaban J connectivity index is 1.88. The molecule has 0 heterocycles. The molecule has 0 spiro atoms. The highest BCUT2D eigenvalue weighted by atomic mass is 16.6. The van der Waals surface area contributed by atoms with E-state index >= 15 is 0 Å². The normalized spacial score (nSPS) is 25.6. The summed E-state index contributed by atoms with van der Waals surface area (Å²) in [5.74, 6) is 1.23. The molecule has 1 aliphatic carbocycles. The lowest BCUT2D eigenvalue weighted by Gasteiger charge is -2.38. The lowest BCUT2D eigenvalue weighted by molar-refractivity contribution is 0.142. The van der Waals surface area contributed by atoms with Crippen molar-refractivity contribution in [3.05, 3.63) is 30.3 Å². The van der Waals surface area contributed by atoms with Crippen molar-refractivity contribution in [2.24, 2.45) is 11.3 Å². The fraction of sp³-hybridized carbons (Fsp3) is 0.562. The SMILES string of the molecule is CC1CC(NC(=O)Oc2ccccc2)CC(C)(C)C1. The standard InChI is InChI=1S/C16H23NO2/c1-12-9-13(11-16(2,3)10-12)17-15(18)19-14-7-5-4-6-8-14/h4-8,12-13H,9-11H2,1-3H3,(H,17,18). The smallest absolute Gasteiger partial charge is 0.410 e. The van der Waals surface area contributed by atoms with Crippen molar-refractivity contribution < 1.29 is 9.53 Å². The Morgan fingerprint density at radius 2 is 1.95 bits per heavy atom. The fourth-order valence-electron chi connectivity index (χ4n) is 3.25. The molecule has 1 saturated carbocycles. The zero-order chi connectivity index (χ0) is 13.9. The maximum atomic E-state index is 11.9. The molecule has 0 saturated heterocycles. The van der Waals surface area contributed by atoms with Crippen molar-refractivity contribution in [2.75, 3.05) is 0 Å². The molecule has 1 aromatic carbocycles. The minimum atomic E-state index is -0.346. The highest BCUT2D eigenvalue weighted by Crippen LogP contribution is 2.38. The molecule has 3 nitrogen and oxygen atoms in total. The zero-order valence-corrected chi connectivity index (χ0v) is 12.0. The molecule has 0 radical (unpaired) electrons. The third-order valence-electron chi connectivity index (χ3n) is 3.66. The Kier molecular flexibility index (Phi) is 4.13. The molecule has 0 aliphatic heterocycles. The Morgan fingerprint density at radius 1 is 1.26 bits per heavy atom. The maximum Gasteiger partial charge on any atom is 0.412 e. The molecular formula is C16H23NO2. The molecule has 0 aromatic heterocycles. The van der Waals surface area contributed by atoms with E-state index in [9.17, 15) is 4.79 Å². The van der Waals surface area contributed by atoms with Crippen LogP contribution in [0.4, 0.5) is 4.79 Å². The summed E-state index contributed by atoms with van der Waals surface area (Å²) in [5.41, 5.74) is 0.294. The number of carbonyl (C=O) groups is 1. The predicted octanol–water partition coefficient (Wildman–Crippen LogP) is 3.99. The second-order valence-corrected chi connectivity index (χ2v) is 6.46. The van der Waals surface area contributed by atoms with Crippen LogP contribution in [0, 0.1) is 11.3 Å². The highest BCUT2D eigenvalue weighted by molar-refractivity contribution is 5.70. The van der Waals surface area contributed by atoms with E-state index in [1.54, 1.807) is 12.1 Å². The van der Waals surface area contributed by atoms with E-state index in [4.69, 9.17) is 4.74 Å². The fourth-order valence-corrected chi connectivity index (χ4v) is 3.25. The molecule has 0 bridgehead atoms. The second kappa shape index (κ2) is 5.64. The van der Waals surface area contributed by atoms with E-state index in [1.165, 1.54) is 6.42 Å². The van der Waals surface area contributed by atoms with Gasteiger partial charge in [-0.1, -0.05) is 39.0 Å². The van der Waals surface area contributed by atoms with Crippen molar-refractivity contribution in [1.82, 2.24) is 5.32 Å².